The zero-order chi connectivity index (χ0) is 8.55. The third-order valence-electron chi connectivity index (χ3n) is 2.45. The normalized spacial score (nSPS) is 28.2. The minimum absolute atomic E-state index is 0.532. The van der Waals surface area contributed by atoms with Gasteiger partial charge in [-0.3, -0.25) is 0 Å². The van der Waals surface area contributed by atoms with Gasteiger partial charge < -0.3 is 9.73 Å². The molecule has 12 heavy (non-hydrogen) atoms. The van der Waals surface area contributed by atoms with Crippen molar-refractivity contribution in [2.75, 3.05) is 5.32 Å². The summed E-state index contributed by atoms with van der Waals surface area (Å²) >= 11 is 0. The topological polar surface area (TPSA) is 51.0 Å². The molecule has 2 rings (SSSR count). The molecule has 1 aromatic heterocycles. The minimum atomic E-state index is 0.532. The van der Waals surface area contributed by atoms with Gasteiger partial charge in [0, 0.05) is 13.0 Å². The van der Waals surface area contributed by atoms with Crippen LogP contribution in [-0.4, -0.2) is 16.2 Å². The molecule has 2 atom stereocenters. The molecule has 0 aliphatic heterocycles. The lowest BCUT2D eigenvalue weighted by atomic mass is 9.81. The van der Waals surface area contributed by atoms with Crippen LogP contribution in [0.4, 0.5) is 6.01 Å². The molecule has 0 spiro atoms. The van der Waals surface area contributed by atoms with E-state index in [1.807, 2.05) is 0 Å². The van der Waals surface area contributed by atoms with E-state index in [0.29, 0.717) is 17.9 Å². The van der Waals surface area contributed by atoms with E-state index in [1.54, 1.807) is 6.92 Å². The Morgan fingerprint density at radius 2 is 2.25 bits per heavy atom. The van der Waals surface area contributed by atoms with Crippen molar-refractivity contribution >= 4 is 6.01 Å². The summed E-state index contributed by atoms with van der Waals surface area (Å²) in [5.41, 5.74) is 0. The Kier molecular flexibility index (Phi) is 1.75. The largest absolute Gasteiger partial charge is 0.408 e. The zero-order valence-corrected chi connectivity index (χ0v) is 7.37. The molecule has 66 valence electrons. The second kappa shape index (κ2) is 2.77. The molecule has 1 heterocycles. The SMILES string of the molecule is Cc1nnc(NC2CCC2C)o1. The maximum absolute atomic E-state index is 5.20. The second-order valence-corrected chi connectivity index (χ2v) is 3.43. The number of hydrogen-bond donors (Lipinski definition) is 1. The first-order valence-electron chi connectivity index (χ1n) is 4.32. The van der Waals surface area contributed by atoms with E-state index < -0.39 is 0 Å². The zero-order valence-electron chi connectivity index (χ0n) is 7.37. The fourth-order valence-corrected chi connectivity index (χ4v) is 1.39. The Bertz CT molecular complexity index is 271. The molecule has 0 radical (unpaired) electrons. The van der Waals surface area contributed by atoms with Gasteiger partial charge in [-0.05, 0) is 18.8 Å². The summed E-state index contributed by atoms with van der Waals surface area (Å²) in [7, 11) is 0. The lowest BCUT2D eigenvalue weighted by molar-refractivity contribution is 0.297. The maximum Gasteiger partial charge on any atom is 0.315 e. The van der Waals surface area contributed by atoms with Crippen molar-refractivity contribution in [3.8, 4) is 0 Å². The van der Waals surface area contributed by atoms with Crippen LogP contribution in [0.5, 0.6) is 0 Å². The molecule has 1 aromatic rings. The highest BCUT2D eigenvalue weighted by Crippen LogP contribution is 2.29. The average molecular weight is 167 g/mol. The summed E-state index contributed by atoms with van der Waals surface area (Å²) in [6.45, 7) is 4.02. The van der Waals surface area contributed by atoms with E-state index in [-0.39, 0.29) is 0 Å². The van der Waals surface area contributed by atoms with Crippen molar-refractivity contribution in [1.82, 2.24) is 10.2 Å². The molecule has 4 nitrogen and oxygen atoms in total. The summed E-state index contributed by atoms with van der Waals surface area (Å²) in [4.78, 5) is 0. The number of rotatable bonds is 2. The van der Waals surface area contributed by atoms with Gasteiger partial charge in [0.15, 0.2) is 0 Å². The van der Waals surface area contributed by atoms with Crippen LogP contribution < -0.4 is 5.32 Å². The smallest absolute Gasteiger partial charge is 0.315 e. The van der Waals surface area contributed by atoms with Crippen LogP contribution in [0.25, 0.3) is 0 Å². The van der Waals surface area contributed by atoms with Gasteiger partial charge in [0.1, 0.15) is 0 Å². The van der Waals surface area contributed by atoms with Crippen molar-refractivity contribution in [3.05, 3.63) is 5.89 Å². The van der Waals surface area contributed by atoms with Gasteiger partial charge in [0.25, 0.3) is 0 Å². The summed E-state index contributed by atoms with van der Waals surface area (Å²) in [6, 6.07) is 1.09. The summed E-state index contributed by atoms with van der Waals surface area (Å²) in [5, 5.41) is 10.8. The first-order chi connectivity index (χ1) is 5.75. The molecule has 1 N–H and O–H groups in total. The number of aryl methyl sites for hydroxylation is 1. The van der Waals surface area contributed by atoms with E-state index >= 15 is 0 Å². The molecule has 2 unspecified atom stereocenters. The molecule has 1 aliphatic carbocycles. The predicted octanol–water partition coefficient (Wildman–Crippen LogP) is 1.59. The van der Waals surface area contributed by atoms with Gasteiger partial charge in [-0.25, -0.2) is 0 Å². The first-order valence-corrected chi connectivity index (χ1v) is 4.32. The Morgan fingerprint density at radius 1 is 1.42 bits per heavy atom. The van der Waals surface area contributed by atoms with Crippen LogP contribution in [-0.2, 0) is 0 Å². The van der Waals surface area contributed by atoms with Crippen LogP contribution in [0.2, 0.25) is 0 Å². The van der Waals surface area contributed by atoms with E-state index in [9.17, 15) is 0 Å². The van der Waals surface area contributed by atoms with Gasteiger partial charge in [-0.1, -0.05) is 12.0 Å². The van der Waals surface area contributed by atoms with Gasteiger partial charge in [0.2, 0.25) is 5.89 Å². The molecule has 4 heteroatoms. The average Bonchev–Trinajstić information content (AvgIpc) is 2.44. The summed E-state index contributed by atoms with van der Waals surface area (Å²) < 4.78 is 5.20. The molecule has 1 saturated carbocycles. The van der Waals surface area contributed by atoms with Crippen LogP contribution >= 0.6 is 0 Å². The van der Waals surface area contributed by atoms with E-state index in [4.69, 9.17) is 4.42 Å². The number of anilines is 1. The Hall–Kier alpha value is -1.06. The highest BCUT2D eigenvalue weighted by Gasteiger charge is 2.27. The number of nitrogens with one attached hydrogen (secondary N) is 1. The standard InChI is InChI=1S/C8H13N3O/c1-5-3-4-7(5)9-8-11-10-6(2)12-8/h5,7H,3-4H2,1-2H3,(H,9,11). The molecule has 0 aromatic carbocycles. The lowest BCUT2D eigenvalue weighted by Crippen LogP contribution is -2.36. The number of hydrogen-bond acceptors (Lipinski definition) is 4. The third-order valence-corrected chi connectivity index (χ3v) is 2.45. The predicted molar refractivity (Wildman–Crippen MR) is 44.8 cm³/mol. The van der Waals surface area contributed by atoms with Crippen molar-refractivity contribution < 1.29 is 4.42 Å². The molecule has 1 aliphatic rings. The number of nitrogens with zero attached hydrogens (tertiary/aromatic N) is 2. The van der Waals surface area contributed by atoms with Crippen molar-refractivity contribution in [2.24, 2.45) is 5.92 Å². The minimum Gasteiger partial charge on any atom is -0.408 e. The monoisotopic (exact) mass is 167 g/mol. The molecular formula is C8H13N3O. The lowest BCUT2D eigenvalue weighted by Gasteiger charge is -2.33. The van der Waals surface area contributed by atoms with Gasteiger partial charge in [-0.15, -0.1) is 5.10 Å². The second-order valence-electron chi connectivity index (χ2n) is 3.43. The fraction of sp³-hybridized carbons (Fsp3) is 0.750. The summed E-state index contributed by atoms with van der Waals surface area (Å²) in [5.74, 6) is 1.35. The summed E-state index contributed by atoms with van der Waals surface area (Å²) in [6.07, 6.45) is 2.51. The van der Waals surface area contributed by atoms with E-state index in [0.717, 1.165) is 5.92 Å². The molecule has 0 saturated heterocycles. The van der Waals surface area contributed by atoms with Crippen LogP contribution in [0.15, 0.2) is 4.42 Å². The van der Waals surface area contributed by atoms with Crippen molar-refractivity contribution in [3.63, 3.8) is 0 Å². The van der Waals surface area contributed by atoms with Crippen LogP contribution in [0, 0.1) is 12.8 Å². The van der Waals surface area contributed by atoms with Gasteiger partial charge >= 0.3 is 6.01 Å². The van der Waals surface area contributed by atoms with Gasteiger partial charge in [-0.2, -0.15) is 0 Å². The molecule has 0 bridgehead atoms. The van der Waals surface area contributed by atoms with Crippen molar-refractivity contribution in [1.29, 1.82) is 0 Å². The molecule has 1 fully saturated rings. The Balaban J connectivity index is 1.95. The van der Waals surface area contributed by atoms with Crippen LogP contribution in [0.3, 0.4) is 0 Å². The molecule has 0 amide bonds. The Morgan fingerprint density at radius 3 is 2.67 bits per heavy atom. The number of aromatic nitrogens is 2. The fourth-order valence-electron chi connectivity index (χ4n) is 1.39. The third kappa shape index (κ3) is 1.29. The molecular weight excluding hydrogens is 154 g/mol. The first kappa shape index (κ1) is 7.58. The highest BCUT2D eigenvalue weighted by atomic mass is 16.4. The van der Waals surface area contributed by atoms with Crippen molar-refractivity contribution in [2.45, 2.75) is 32.7 Å². The van der Waals surface area contributed by atoms with Gasteiger partial charge in [0.05, 0.1) is 0 Å². The maximum atomic E-state index is 5.20. The van der Waals surface area contributed by atoms with E-state index in [1.165, 1.54) is 12.8 Å². The highest BCUT2D eigenvalue weighted by molar-refractivity contribution is 5.21. The quantitative estimate of drug-likeness (QED) is 0.726. The Labute approximate surface area is 71.4 Å². The van der Waals surface area contributed by atoms with Crippen LogP contribution in [0.1, 0.15) is 25.7 Å². The van der Waals surface area contributed by atoms with E-state index in [2.05, 4.69) is 22.4 Å².